The summed E-state index contributed by atoms with van der Waals surface area (Å²) < 4.78 is 22.5. The summed E-state index contributed by atoms with van der Waals surface area (Å²) in [4.78, 5) is 14.9. The smallest absolute Gasteiger partial charge is 0.353 e. The van der Waals surface area contributed by atoms with Crippen molar-refractivity contribution in [3.63, 3.8) is 0 Å². The van der Waals surface area contributed by atoms with Crippen molar-refractivity contribution in [2.45, 2.75) is 25.8 Å². The number of rotatable bonds is 12. The molecule has 0 saturated carbocycles. The molecule has 5 aromatic rings. The van der Waals surface area contributed by atoms with E-state index in [-0.39, 0.29) is 5.69 Å². The summed E-state index contributed by atoms with van der Waals surface area (Å²) in [5.74, 6) is -0.645. The van der Waals surface area contributed by atoms with E-state index >= 15 is 0 Å². The van der Waals surface area contributed by atoms with Crippen molar-refractivity contribution in [2.24, 2.45) is 0 Å². The van der Waals surface area contributed by atoms with E-state index in [0.29, 0.717) is 36.0 Å². The number of carboxylic acid groups (broad SMARTS) is 1. The molecular formula is C35H35FN2O3. The average molecular weight is 551 g/mol. The minimum absolute atomic E-state index is 0.157. The molecule has 1 N–H and O–H groups in total. The minimum Gasteiger partial charge on any atom is -0.493 e. The lowest BCUT2D eigenvalue weighted by molar-refractivity contribution is 0.0686. The first kappa shape index (κ1) is 28.1. The monoisotopic (exact) mass is 550 g/mol. The zero-order chi connectivity index (χ0) is 28.8. The largest absolute Gasteiger partial charge is 0.493 e. The van der Waals surface area contributed by atoms with Crippen molar-refractivity contribution in [3.05, 3.63) is 108 Å². The number of hydrogen-bond acceptors (Lipinski definition) is 3. The van der Waals surface area contributed by atoms with Crippen LogP contribution in [0.3, 0.4) is 0 Å². The summed E-state index contributed by atoms with van der Waals surface area (Å²) >= 11 is 0. The number of halogens is 1. The van der Waals surface area contributed by atoms with E-state index in [9.17, 15) is 14.3 Å². The molecule has 0 spiro atoms. The van der Waals surface area contributed by atoms with Crippen LogP contribution in [0.15, 0.2) is 91.0 Å². The molecule has 210 valence electrons. The molecule has 4 aromatic carbocycles. The molecule has 0 unspecified atom stereocenters. The molecule has 0 atom stereocenters. The molecule has 5 rings (SSSR count). The van der Waals surface area contributed by atoms with Gasteiger partial charge in [0.2, 0.25) is 0 Å². The number of unbranched alkanes of at least 4 members (excludes halogenated alkanes) is 1. The van der Waals surface area contributed by atoms with E-state index in [0.717, 1.165) is 47.0 Å². The second-order valence-corrected chi connectivity index (χ2v) is 10.5. The van der Waals surface area contributed by atoms with Crippen LogP contribution in [-0.2, 0) is 6.54 Å². The molecular weight excluding hydrogens is 515 g/mol. The maximum Gasteiger partial charge on any atom is 0.353 e. The highest BCUT2D eigenvalue weighted by Crippen LogP contribution is 2.38. The van der Waals surface area contributed by atoms with Gasteiger partial charge >= 0.3 is 5.97 Å². The van der Waals surface area contributed by atoms with Crippen molar-refractivity contribution >= 4 is 33.7 Å². The van der Waals surface area contributed by atoms with Crippen LogP contribution in [0.1, 0.15) is 35.3 Å². The summed E-state index contributed by atoms with van der Waals surface area (Å²) in [6.45, 7) is 1.82. The van der Waals surface area contributed by atoms with Crippen molar-refractivity contribution in [1.82, 2.24) is 9.47 Å². The lowest BCUT2D eigenvalue weighted by Crippen LogP contribution is -2.12. The number of benzene rings is 4. The second kappa shape index (κ2) is 12.8. The molecule has 41 heavy (non-hydrogen) atoms. The summed E-state index contributed by atoms with van der Waals surface area (Å²) in [6.07, 6.45) is 6.67. The first-order valence-electron chi connectivity index (χ1n) is 14.0. The summed E-state index contributed by atoms with van der Waals surface area (Å²) in [5.41, 5.74) is 3.06. The SMILES string of the molecule is CN(C)CCCC=Cc1ccccc1-c1c(C(=O)O)n(CCCOc2cccc3ccccc23)c2ccc(F)cc12. The van der Waals surface area contributed by atoms with Gasteiger partial charge in [0.05, 0.1) is 6.61 Å². The zero-order valence-corrected chi connectivity index (χ0v) is 23.5. The highest BCUT2D eigenvalue weighted by atomic mass is 19.1. The Morgan fingerprint density at radius 2 is 1.73 bits per heavy atom. The Morgan fingerprint density at radius 3 is 2.56 bits per heavy atom. The van der Waals surface area contributed by atoms with Gasteiger partial charge in [-0.25, -0.2) is 9.18 Å². The fourth-order valence-electron chi connectivity index (χ4n) is 5.39. The molecule has 0 radical (unpaired) electrons. The van der Waals surface area contributed by atoms with E-state index in [2.05, 4.69) is 25.1 Å². The van der Waals surface area contributed by atoms with Gasteiger partial charge in [-0.05, 0) is 80.7 Å². The van der Waals surface area contributed by atoms with Gasteiger partial charge in [-0.1, -0.05) is 72.8 Å². The number of carboxylic acids is 1. The number of nitrogens with zero attached hydrogens (tertiary/aromatic N) is 2. The third-order valence-corrected chi connectivity index (χ3v) is 7.26. The van der Waals surface area contributed by atoms with Crippen LogP contribution in [0.4, 0.5) is 4.39 Å². The van der Waals surface area contributed by atoms with Crippen molar-refractivity contribution in [2.75, 3.05) is 27.2 Å². The summed E-state index contributed by atoms with van der Waals surface area (Å²) in [7, 11) is 4.11. The molecule has 1 aromatic heterocycles. The fraction of sp³-hybridized carbons (Fsp3) is 0.229. The van der Waals surface area contributed by atoms with Gasteiger partial charge < -0.3 is 19.3 Å². The van der Waals surface area contributed by atoms with Gasteiger partial charge in [0.25, 0.3) is 0 Å². The van der Waals surface area contributed by atoms with Crippen LogP contribution in [0.2, 0.25) is 0 Å². The number of aromatic carboxylic acids is 1. The quantitative estimate of drug-likeness (QED) is 0.159. The van der Waals surface area contributed by atoms with Crippen LogP contribution in [-0.4, -0.2) is 47.8 Å². The van der Waals surface area contributed by atoms with Crippen LogP contribution in [0.25, 0.3) is 38.9 Å². The standard InChI is InChI=1S/C35H35FN2O3/c1-37(2)21-9-3-4-12-26-14-6-8-17-29(26)33-30-24-27(36)19-20-31(30)38(34(33)35(39)40)22-11-23-41-32-18-10-15-25-13-5-7-16-28(25)32/h4-8,10,12-20,24H,3,9,11,21-23H2,1-2H3,(H,39,40). The van der Waals surface area contributed by atoms with E-state index in [1.807, 2.05) is 72.8 Å². The molecule has 0 fully saturated rings. The van der Waals surface area contributed by atoms with Crippen molar-refractivity contribution in [1.29, 1.82) is 0 Å². The average Bonchev–Trinajstić information content (AvgIpc) is 3.28. The Kier molecular flexibility index (Phi) is 8.80. The fourth-order valence-corrected chi connectivity index (χ4v) is 5.39. The molecule has 1 heterocycles. The number of hydrogen-bond donors (Lipinski definition) is 1. The Labute approximate surface area is 240 Å². The molecule has 6 heteroatoms. The third kappa shape index (κ3) is 6.34. The van der Waals surface area contributed by atoms with Crippen LogP contribution in [0.5, 0.6) is 5.75 Å². The number of aromatic nitrogens is 1. The van der Waals surface area contributed by atoms with Gasteiger partial charge in [0.15, 0.2) is 0 Å². The van der Waals surface area contributed by atoms with Crippen LogP contribution in [0, 0.1) is 5.82 Å². The van der Waals surface area contributed by atoms with Gasteiger partial charge in [0.1, 0.15) is 17.3 Å². The number of aryl methyl sites for hydroxylation is 1. The predicted molar refractivity (Wildman–Crippen MR) is 165 cm³/mol. The molecule has 0 aliphatic carbocycles. The minimum atomic E-state index is -1.05. The molecule has 0 aliphatic rings. The van der Waals surface area contributed by atoms with Gasteiger partial charge in [-0.3, -0.25) is 0 Å². The maximum absolute atomic E-state index is 14.6. The number of allylic oxidation sites excluding steroid dienone is 1. The Balaban J connectivity index is 1.46. The lowest BCUT2D eigenvalue weighted by Gasteiger charge is -2.12. The lowest BCUT2D eigenvalue weighted by atomic mass is 9.96. The molecule has 0 bridgehead atoms. The van der Waals surface area contributed by atoms with E-state index in [1.54, 1.807) is 10.6 Å². The van der Waals surface area contributed by atoms with Crippen LogP contribution < -0.4 is 4.74 Å². The summed E-state index contributed by atoms with van der Waals surface area (Å²) in [5, 5.41) is 13.2. The second-order valence-electron chi connectivity index (χ2n) is 10.5. The Morgan fingerprint density at radius 1 is 0.951 bits per heavy atom. The third-order valence-electron chi connectivity index (χ3n) is 7.26. The van der Waals surface area contributed by atoms with Gasteiger partial charge in [0, 0.05) is 28.4 Å². The highest BCUT2D eigenvalue weighted by molar-refractivity contribution is 6.09. The predicted octanol–water partition coefficient (Wildman–Crippen LogP) is 8.12. The molecule has 0 saturated heterocycles. The first-order chi connectivity index (χ1) is 19.9. The number of carbonyl (C=O) groups is 1. The number of ether oxygens (including phenoxy) is 1. The van der Waals surface area contributed by atoms with Gasteiger partial charge in [-0.15, -0.1) is 0 Å². The van der Waals surface area contributed by atoms with Crippen molar-refractivity contribution < 1.29 is 19.0 Å². The number of fused-ring (bicyclic) bond motifs is 2. The Bertz CT molecular complexity index is 1700. The molecule has 0 aliphatic heterocycles. The van der Waals surface area contributed by atoms with Crippen LogP contribution >= 0.6 is 0 Å². The van der Waals surface area contributed by atoms with Crippen molar-refractivity contribution in [3.8, 4) is 16.9 Å². The normalized spacial score (nSPS) is 11.7. The highest BCUT2D eigenvalue weighted by Gasteiger charge is 2.25. The topological polar surface area (TPSA) is 54.7 Å². The van der Waals surface area contributed by atoms with Gasteiger partial charge in [-0.2, -0.15) is 0 Å². The van der Waals surface area contributed by atoms with E-state index < -0.39 is 11.8 Å². The zero-order valence-electron chi connectivity index (χ0n) is 23.5. The molecule has 5 nitrogen and oxygen atoms in total. The maximum atomic E-state index is 14.6. The Hall–Kier alpha value is -4.42. The van der Waals surface area contributed by atoms with E-state index in [1.165, 1.54) is 12.1 Å². The molecule has 0 amide bonds. The summed E-state index contributed by atoms with van der Waals surface area (Å²) in [6, 6.07) is 26.2. The van der Waals surface area contributed by atoms with E-state index in [4.69, 9.17) is 4.74 Å². The first-order valence-corrected chi connectivity index (χ1v) is 14.0.